The van der Waals surface area contributed by atoms with Crippen molar-refractivity contribution in [2.75, 3.05) is 25.7 Å². The Morgan fingerprint density at radius 3 is 3.14 bits per heavy atom. The fraction of sp³-hybridized carbons (Fsp3) is 0.615. The first kappa shape index (κ1) is 16.4. The van der Waals surface area contributed by atoms with Crippen LogP contribution in [0, 0.1) is 0 Å². The lowest BCUT2D eigenvalue weighted by Gasteiger charge is -2.13. The monoisotopic (exact) mass is 313 g/mol. The molecule has 2 rings (SSSR count). The summed E-state index contributed by atoms with van der Waals surface area (Å²) < 4.78 is 22.1. The van der Waals surface area contributed by atoms with E-state index >= 15 is 0 Å². The summed E-state index contributed by atoms with van der Waals surface area (Å²) in [6, 6.07) is 1.50. The van der Waals surface area contributed by atoms with Crippen molar-refractivity contribution < 1.29 is 23.7 Å². The molecule has 0 aliphatic carbocycles. The predicted octanol–water partition coefficient (Wildman–Crippen LogP) is 0.0144. The maximum absolute atomic E-state index is 11.7. The number of carbonyl (C=O) groups is 1. The van der Waals surface area contributed by atoms with Crippen LogP contribution in [0.1, 0.15) is 26.0 Å². The number of anilines is 1. The van der Waals surface area contributed by atoms with Gasteiger partial charge in [-0.05, 0) is 12.5 Å². The first-order valence-electron chi connectivity index (χ1n) is 6.95. The van der Waals surface area contributed by atoms with Crippen molar-refractivity contribution in [1.29, 1.82) is 0 Å². The Morgan fingerprint density at radius 2 is 2.41 bits per heavy atom. The van der Waals surface area contributed by atoms with Crippen molar-refractivity contribution in [2.45, 2.75) is 32.3 Å². The molecule has 1 fully saturated rings. The average molecular weight is 313 g/mol. The van der Waals surface area contributed by atoms with E-state index < -0.39 is 18.2 Å². The molecule has 0 saturated carbocycles. The highest BCUT2D eigenvalue weighted by Crippen LogP contribution is 2.19. The minimum Gasteiger partial charge on any atom is -0.438 e. The summed E-state index contributed by atoms with van der Waals surface area (Å²) in [7, 11) is 0. The van der Waals surface area contributed by atoms with Gasteiger partial charge >= 0.3 is 11.7 Å². The van der Waals surface area contributed by atoms with E-state index in [1.807, 2.05) is 6.92 Å². The Bertz CT molecular complexity index is 561. The molecule has 0 bridgehead atoms. The molecule has 0 spiro atoms. The maximum Gasteiger partial charge on any atom is 0.351 e. The second-order valence-corrected chi connectivity index (χ2v) is 4.65. The molecule has 2 atom stereocenters. The number of nitrogen functional groups attached to an aromatic ring is 1. The summed E-state index contributed by atoms with van der Waals surface area (Å²) in [5, 5.41) is 0. The highest BCUT2D eigenvalue weighted by molar-refractivity contribution is 5.69. The van der Waals surface area contributed by atoms with Crippen LogP contribution in [0.3, 0.4) is 0 Å². The molecule has 1 aliphatic heterocycles. The van der Waals surface area contributed by atoms with E-state index in [1.165, 1.54) is 16.8 Å². The first-order chi connectivity index (χ1) is 10.6. The van der Waals surface area contributed by atoms with Gasteiger partial charge in [0.1, 0.15) is 12.4 Å². The molecule has 0 amide bonds. The van der Waals surface area contributed by atoms with Crippen LogP contribution >= 0.6 is 0 Å². The third-order valence-electron chi connectivity index (χ3n) is 2.91. The van der Waals surface area contributed by atoms with E-state index in [0.717, 1.165) is 6.42 Å². The number of rotatable bonds is 7. The van der Waals surface area contributed by atoms with E-state index in [0.29, 0.717) is 6.42 Å². The van der Waals surface area contributed by atoms with E-state index in [4.69, 9.17) is 24.7 Å². The largest absolute Gasteiger partial charge is 0.438 e. The van der Waals surface area contributed by atoms with Gasteiger partial charge in [0.2, 0.25) is 0 Å². The minimum absolute atomic E-state index is 0.0903. The molecule has 1 aromatic rings. The second kappa shape index (κ2) is 7.87. The molecule has 0 unspecified atom stereocenters. The van der Waals surface area contributed by atoms with Crippen LogP contribution in [-0.2, 0) is 23.7 Å². The third kappa shape index (κ3) is 4.52. The van der Waals surface area contributed by atoms with Gasteiger partial charge in [0, 0.05) is 12.6 Å². The van der Waals surface area contributed by atoms with E-state index in [-0.39, 0.29) is 31.8 Å². The Labute approximate surface area is 126 Å². The summed E-state index contributed by atoms with van der Waals surface area (Å²) in [6.45, 7) is 2.01. The molecule has 0 radical (unpaired) electrons. The van der Waals surface area contributed by atoms with Gasteiger partial charge in [-0.25, -0.2) is 4.79 Å². The highest BCUT2D eigenvalue weighted by Gasteiger charge is 2.28. The lowest BCUT2D eigenvalue weighted by molar-refractivity contribution is -0.170. The average Bonchev–Trinajstić information content (AvgIpc) is 2.92. The van der Waals surface area contributed by atoms with E-state index in [2.05, 4.69) is 4.98 Å². The topological polar surface area (TPSA) is 115 Å². The van der Waals surface area contributed by atoms with Crippen LogP contribution < -0.4 is 11.4 Å². The number of aromatic nitrogens is 2. The van der Waals surface area contributed by atoms with Crippen LogP contribution in [-0.4, -0.2) is 41.8 Å². The zero-order valence-electron chi connectivity index (χ0n) is 12.3. The van der Waals surface area contributed by atoms with Crippen LogP contribution in [0.5, 0.6) is 0 Å². The summed E-state index contributed by atoms with van der Waals surface area (Å²) in [4.78, 5) is 26.4. The second-order valence-electron chi connectivity index (χ2n) is 4.65. The summed E-state index contributed by atoms with van der Waals surface area (Å²) in [5.41, 5.74) is 4.91. The van der Waals surface area contributed by atoms with Crippen LogP contribution in [0.15, 0.2) is 17.1 Å². The van der Waals surface area contributed by atoms with Crippen molar-refractivity contribution in [3.8, 4) is 0 Å². The van der Waals surface area contributed by atoms with Crippen LogP contribution in [0.25, 0.3) is 0 Å². The molecule has 0 aromatic carbocycles. The van der Waals surface area contributed by atoms with Gasteiger partial charge in [-0.1, -0.05) is 6.92 Å². The molecule has 22 heavy (non-hydrogen) atoms. The van der Waals surface area contributed by atoms with Crippen molar-refractivity contribution in [1.82, 2.24) is 9.55 Å². The summed E-state index contributed by atoms with van der Waals surface area (Å²) in [6.07, 6.45) is 1.35. The highest BCUT2D eigenvalue weighted by atomic mass is 16.8. The number of esters is 1. The molecule has 2 N–H and O–H groups in total. The van der Waals surface area contributed by atoms with Crippen molar-refractivity contribution in [3.05, 3.63) is 22.7 Å². The molecule has 1 aliphatic rings. The SMILES string of the molecule is CCCC(=O)OCOC[C@H]1OC[C@@H](n2ccc(N)nc2=O)O1. The van der Waals surface area contributed by atoms with Crippen molar-refractivity contribution in [2.24, 2.45) is 0 Å². The smallest absolute Gasteiger partial charge is 0.351 e. The number of carbonyl (C=O) groups excluding carboxylic acids is 1. The minimum atomic E-state index is -0.640. The molecule has 2 heterocycles. The Balaban J connectivity index is 1.74. The molecule has 1 saturated heterocycles. The summed E-state index contributed by atoms with van der Waals surface area (Å²) >= 11 is 0. The quantitative estimate of drug-likeness (QED) is 0.425. The van der Waals surface area contributed by atoms with Gasteiger partial charge in [0.25, 0.3) is 0 Å². The fourth-order valence-corrected chi connectivity index (χ4v) is 1.85. The lowest BCUT2D eigenvalue weighted by atomic mass is 10.3. The number of nitrogens with two attached hydrogens (primary N) is 1. The maximum atomic E-state index is 11.7. The van der Waals surface area contributed by atoms with Gasteiger partial charge in [0.05, 0.1) is 6.61 Å². The first-order valence-corrected chi connectivity index (χ1v) is 6.95. The Morgan fingerprint density at radius 1 is 1.59 bits per heavy atom. The van der Waals surface area contributed by atoms with Gasteiger partial charge in [0.15, 0.2) is 19.3 Å². The molecule has 1 aromatic heterocycles. The van der Waals surface area contributed by atoms with Crippen molar-refractivity contribution in [3.63, 3.8) is 0 Å². The molecular weight excluding hydrogens is 294 g/mol. The standard InChI is InChI=1S/C13H19N3O6/c1-2-3-11(17)21-8-19-7-12-20-6-10(22-12)16-5-4-9(14)15-13(16)18/h4-5,10,12H,2-3,6-8H2,1H3,(H2,14,15,18)/t10-,12-/m0/s1. The number of nitrogens with zero attached hydrogens (tertiary/aromatic N) is 2. The number of ether oxygens (including phenoxy) is 4. The molecule has 9 heteroatoms. The summed E-state index contributed by atoms with van der Waals surface area (Å²) in [5.74, 6) is -0.165. The van der Waals surface area contributed by atoms with Gasteiger partial charge in [-0.3, -0.25) is 9.36 Å². The number of hydrogen-bond acceptors (Lipinski definition) is 8. The molecular formula is C13H19N3O6. The Hall–Kier alpha value is -1.97. The number of hydrogen-bond donors (Lipinski definition) is 1. The molecule has 9 nitrogen and oxygen atoms in total. The van der Waals surface area contributed by atoms with E-state index in [9.17, 15) is 9.59 Å². The lowest BCUT2D eigenvalue weighted by Crippen LogP contribution is -2.28. The zero-order chi connectivity index (χ0) is 15.9. The zero-order valence-corrected chi connectivity index (χ0v) is 12.3. The van der Waals surface area contributed by atoms with Crippen LogP contribution in [0.4, 0.5) is 5.82 Å². The van der Waals surface area contributed by atoms with Gasteiger partial charge < -0.3 is 24.7 Å². The van der Waals surface area contributed by atoms with Crippen LogP contribution in [0.2, 0.25) is 0 Å². The normalized spacial score (nSPS) is 21.0. The third-order valence-corrected chi connectivity index (χ3v) is 2.91. The fourth-order valence-electron chi connectivity index (χ4n) is 1.85. The van der Waals surface area contributed by atoms with E-state index in [1.54, 1.807) is 0 Å². The predicted molar refractivity (Wildman–Crippen MR) is 74.6 cm³/mol. The molecule has 122 valence electrons. The van der Waals surface area contributed by atoms with Crippen molar-refractivity contribution >= 4 is 11.8 Å². The Kier molecular flexibility index (Phi) is 5.87. The van der Waals surface area contributed by atoms with Gasteiger partial charge in [-0.2, -0.15) is 4.98 Å². The van der Waals surface area contributed by atoms with Gasteiger partial charge in [-0.15, -0.1) is 0 Å².